The van der Waals surface area contributed by atoms with E-state index < -0.39 is 28.0 Å². The Morgan fingerprint density at radius 1 is 1.32 bits per heavy atom. The number of nitrogens with one attached hydrogen (secondary N) is 1. The Kier molecular flexibility index (Phi) is 5.77. The minimum absolute atomic E-state index is 0.167. The summed E-state index contributed by atoms with van der Waals surface area (Å²) >= 11 is 1.95. The van der Waals surface area contributed by atoms with Gasteiger partial charge >= 0.3 is 16.8 Å². The van der Waals surface area contributed by atoms with Crippen molar-refractivity contribution in [1.29, 1.82) is 0 Å². The van der Waals surface area contributed by atoms with E-state index in [1.54, 1.807) is 20.8 Å². The molecule has 1 aliphatic heterocycles. The van der Waals surface area contributed by atoms with Crippen LogP contribution in [0.3, 0.4) is 0 Å². The van der Waals surface area contributed by atoms with Gasteiger partial charge in [-0.3, -0.25) is 4.79 Å². The lowest BCUT2D eigenvalue weighted by molar-refractivity contribution is -0.136. The fourth-order valence-corrected chi connectivity index (χ4v) is 2.09. The maximum absolute atomic E-state index is 12.7. The standard InChI is InChI=1S/C13H21BrF2N2O4/c1-11(2,3)22-10(20)18-6-4-12(21,5-7-18)8-17-9(19)13(14,15)16/h21H,4-8H2,1-3H3,(H,17,19). The molecule has 2 N–H and O–H groups in total. The van der Waals surface area contributed by atoms with Crippen LogP contribution in [-0.2, 0) is 9.53 Å². The van der Waals surface area contributed by atoms with Crippen LogP contribution in [0, 0.1) is 0 Å². The van der Waals surface area contributed by atoms with E-state index in [1.807, 2.05) is 21.2 Å². The van der Waals surface area contributed by atoms with Crippen LogP contribution >= 0.6 is 15.9 Å². The van der Waals surface area contributed by atoms with Gasteiger partial charge in [0.15, 0.2) is 0 Å². The molecule has 9 heteroatoms. The molecule has 0 spiro atoms. The molecular formula is C13H21BrF2N2O4. The van der Waals surface area contributed by atoms with Crippen LogP contribution in [0.4, 0.5) is 13.6 Å². The van der Waals surface area contributed by atoms with Crippen LogP contribution in [-0.4, -0.2) is 57.7 Å². The van der Waals surface area contributed by atoms with Crippen LogP contribution in [0.15, 0.2) is 0 Å². The molecule has 0 unspecified atom stereocenters. The van der Waals surface area contributed by atoms with E-state index in [4.69, 9.17) is 4.74 Å². The van der Waals surface area contributed by atoms with E-state index in [0.717, 1.165) is 0 Å². The topological polar surface area (TPSA) is 78.9 Å². The van der Waals surface area contributed by atoms with E-state index >= 15 is 0 Å². The largest absolute Gasteiger partial charge is 0.444 e. The molecule has 2 amide bonds. The molecule has 0 aromatic carbocycles. The first-order valence-corrected chi connectivity index (χ1v) is 7.67. The number of amides is 2. The van der Waals surface area contributed by atoms with Crippen molar-refractivity contribution in [3.8, 4) is 0 Å². The van der Waals surface area contributed by atoms with Crippen LogP contribution in [0.1, 0.15) is 33.6 Å². The van der Waals surface area contributed by atoms with Crippen LogP contribution < -0.4 is 5.32 Å². The normalized spacial score (nSPS) is 18.8. The summed E-state index contributed by atoms with van der Waals surface area (Å²) in [6, 6.07) is 0. The Labute approximate surface area is 136 Å². The second-order valence-corrected chi connectivity index (χ2v) is 7.37. The maximum Gasteiger partial charge on any atom is 0.410 e. The highest BCUT2D eigenvalue weighted by atomic mass is 79.9. The van der Waals surface area contributed by atoms with Crippen molar-refractivity contribution in [2.75, 3.05) is 19.6 Å². The lowest BCUT2D eigenvalue weighted by atomic mass is 9.91. The van der Waals surface area contributed by atoms with Gasteiger partial charge < -0.3 is 20.1 Å². The second-order valence-electron chi connectivity index (χ2n) is 6.37. The number of ether oxygens (including phenoxy) is 1. The third-order valence-corrected chi connectivity index (χ3v) is 3.54. The summed E-state index contributed by atoms with van der Waals surface area (Å²) in [5.41, 5.74) is -1.92. The molecule has 0 aliphatic carbocycles. The molecule has 0 aromatic heterocycles. The zero-order valence-electron chi connectivity index (χ0n) is 12.8. The zero-order valence-corrected chi connectivity index (χ0v) is 14.4. The third kappa shape index (κ3) is 6.04. The SMILES string of the molecule is CC(C)(C)OC(=O)N1CCC(O)(CNC(=O)C(F)(F)Br)CC1. The van der Waals surface area contributed by atoms with Crippen molar-refractivity contribution < 1.29 is 28.2 Å². The van der Waals surface area contributed by atoms with Crippen molar-refractivity contribution in [3.05, 3.63) is 0 Å². The number of hydrogen-bond donors (Lipinski definition) is 2. The first-order valence-electron chi connectivity index (χ1n) is 6.88. The molecule has 128 valence electrons. The first kappa shape index (κ1) is 19.1. The zero-order chi connectivity index (χ0) is 17.2. The van der Waals surface area contributed by atoms with Crippen molar-refractivity contribution >= 4 is 27.9 Å². The van der Waals surface area contributed by atoms with Gasteiger partial charge in [-0.2, -0.15) is 8.78 Å². The predicted octanol–water partition coefficient (Wildman–Crippen LogP) is 1.85. The minimum atomic E-state index is -3.67. The Morgan fingerprint density at radius 3 is 2.23 bits per heavy atom. The van der Waals surface area contributed by atoms with Gasteiger partial charge in [-0.1, -0.05) is 0 Å². The van der Waals surface area contributed by atoms with Crippen molar-refractivity contribution in [3.63, 3.8) is 0 Å². The summed E-state index contributed by atoms with van der Waals surface area (Å²) in [5.74, 6) is -1.50. The van der Waals surface area contributed by atoms with E-state index in [0.29, 0.717) is 0 Å². The number of likely N-dealkylation sites (tertiary alicyclic amines) is 1. The van der Waals surface area contributed by atoms with Gasteiger partial charge in [-0.15, -0.1) is 0 Å². The van der Waals surface area contributed by atoms with Gasteiger partial charge in [0.25, 0.3) is 0 Å². The second kappa shape index (κ2) is 6.66. The summed E-state index contributed by atoms with van der Waals surface area (Å²) in [6.07, 6.45) is -0.147. The molecule has 0 radical (unpaired) electrons. The summed E-state index contributed by atoms with van der Waals surface area (Å²) < 4.78 is 30.6. The lowest BCUT2D eigenvalue weighted by Crippen LogP contribution is -2.53. The number of carbonyl (C=O) groups excluding carboxylic acids is 2. The number of hydrogen-bond acceptors (Lipinski definition) is 4. The number of nitrogens with zero attached hydrogens (tertiary/aromatic N) is 1. The maximum atomic E-state index is 12.7. The summed E-state index contributed by atoms with van der Waals surface area (Å²) in [4.78, 5) is 20.7. The van der Waals surface area contributed by atoms with E-state index in [9.17, 15) is 23.5 Å². The number of halogens is 3. The van der Waals surface area contributed by atoms with Gasteiger partial charge in [0.2, 0.25) is 0 Å². The number of alkyl halides is 3. The molecule has 0 atom stereocenters. The Bertz CT molecular complexity index is 427. The van der Waals surface area contributed by atoms with Gasteiger partial charge in [0.05, 0.1) is 5.60 Å². The molecule has 22 heavy (non-hydrogen) atoms. The van der Waals surface area contributed by atoms with Crippen molar-refractivity contribution in [1.82, 2.24) is 10.2 Å². The Balaban J connectivity index is 2.47. The smallest absolute Gasteiger partial charge is 0.410 e. The fourth-order valence-electron chi connectivity index (χ4n) is 1.95. The summed E-state index contributed by atoms with van der Waals surface area (Å²) in [6.45, 7) is 5.41. The van der Waals surface area contributed by atoms with Gasteiger partial charge in [0, 0.05) is 35.6 Å². The molecule has 1 saturated heterocycles. The summed E-state index contributed by atoms with van der Waals surface area (Å²) in [7, 11) is 0. The van der Waals surface area contributed by atoms with Crippen molar-refractivity contribution in [2.24, 2.45) is 0 Å². The van der Waals surface area contributed by atoms with Crippen LogP contribution in [0.2, 0.25) is 0 Å². The van der Waals surface area contributed by atoms with E-state index in [1.165, 1.54) is 4.90 Å². The van der Waals surface area contributed by atoms with Crippen molar-refractivity contribution in [2.45, 2.75) is 49.6 Å². The predicted molar refractivity (Wildman–Crippen MR) is 78.9 cm³/mol. The molecule has 1 rings (SSSR count). The van der Waals surface area contributed by atoms with Gasteiger partial charge in [-0.25, -0.2) is 4.79 Å². The van der Waals surface area contributed by atoms with Crippen LogP contribution in [0.5, 0.6) is 0 Å². The van der Waals surface area contributed by atoms with E-state index in [-0.39, 0.29) is 32.5 Å². The Morgan fingerprint density at radius 2 is 1.82 bits per heavy atom. The third-order valence-electron chi connectivity index (χ3n) is 3.18. The molecule has 6 nitrogen and oxygen atoms in total. The first-order chi connectivity index (χ1) is 9.82. The molecular weight excluding hydrogens is 366 g/mol. The Hall–Kier alpha value is -0.960. The average Bonchev–Trinajstić information content (AvgIpc) is 2.33. The number of aliphatic hydroxyl groups is 1. The molecule has 1 aliphatic rings. The number of carbonyl (C=O) groups is 2. The number of rotatable bonds is 3. The molecule has 0 aromatic rings. The number of piperidine rings is 1. The molecule has 0 bridgehead atoms. The minimum Gasteiger partial charge on any atom is -0.444 e. The molecule has 1 heterocycles. The highest BCUT2D eigenvalue weighted by Gasteiger charge is 2.39. The fraction of sp³-hybridized carbons (Fsp3) is 0.846. The highest BCUT2D eigenvalue weighted by Crippen LogP contribution is 2.25. The summed E-state index contributed by atoms with van der Waals surface area (Å²) in [5, 5.41) is 12.3. The van der Waals surface area contributed by atoms with Crippen LogP contribution in [0.25, 0.3) is 0 Å². The highest BCUT2D eigenvalue weighted by molar-refractivity contribution is 9.10. The molecule has 1 fully saturated rings. The quantitative estimate of drug-likeness (QED) is 0.725. The average molecular weight is 387 g/mol. The molecule has 0 saturated carbocycles. The van der Waals surface area contributed by atoms with Gasteiger partial charge in [0.1, 0.15) is 5.60 Å². The van der Waals surface area contributed by atoms with Gasteiger partial charge in [-0.05, 0) is 33.6 Å². The monoisotopic (exact) mass is 386 g/mol. The van der Waals surface area contributed by atoms with E-state index in [2.05, 4.69) is 0 Å². The lowest BCUT2D eigenvalue weighted by Gasteiger charge is -2.38.